The lowest BCUT2D eigenvalue weighted by Crippen LogP contribution is -2.10. The first-order chi connectivity index (χ1) is 9.63. The number of carbonyl (C=O) groups is 1. The number of hydrogen-bond donors (Lipinski definition) is 1. The normalized spacial score (nSPS) is 10.5. The summed E-state index contributed by atoms with van der Waals surface area (Å²) in [6, 6.07) is 12.1. The zero-order valence-electron chi connectivity index (χ0n) is 10.2. The summed E-state index contributed by atoms with van der Waals surface area (Å²) in [4.78, 5) is 16.0. The molecule has 0 aromatic heterocycles. The van der Waals surface area contributed by atoms with Gasteiger partial charge in [-0.05, 0) is 42.0 Å². The fourth-order valence-corrected chi connectivity index (χ4v) is 1.48. The lowest BCUT2D eigenvalue weighted by Gasteiger charge is -2.02. The number of carbonyl (C=O) groups excluding carboxylic acids is 1. The summed E-state index contributed by atoms with van der Waals surface area (Å²) < 4.78 is 12.7. The summed E-state index contributed by atoms with van der Waals surface area (Å²) in [5.74, 6) is -0.344. The van der Waals surface area contributed by atoms with E-state index in [1.807, 2.05) is 0 Å². The summed E-state index contributed by atoms with van der Waals surface area (Å²) in [6.45, 7) is 0. The molecule has 2 aromatic rings. The Morgan fingerprint density at radius 2 is 1.80 bits per heavy atom. The smallest absolute Gasteiger partial charge is 0.298 e. The molecule has 0 aliphatic rings. The van der Waals surface area contributed by atoms with Gasteiger partial charge in [0.1, 0.15) is 5.82 Å². The molecule has 4 nitrogen and oxygen atoms in total. The molecule has 2 aromatic carbocycles. The third-order valence-corrected chi connectivity index (χ3v) is 2.55. The lowest BCUT2D eigenvalue weighted by atomic mass is 10.2. The first kappa shape index (κ1) is 14.0. The number of anilines is 1. The third-order valence-electron chi connectivity index (χ3n) is 2.30. The minimum atomic E-state index is -0.731. The monoisotopic (exact) mass is 292 g/mol. The number of hydrogen-bond acceptors (Lipinski definition) is 3. The number of nitrogens with zero attached hydrogens (tertiary/aromatic N) is 1. The van der Waals surface area contributed by atoms with Gasteiger partial charge in [-0.25, -0.2) is 9.18 Å². The summed E-state index contributed by atoms with van der Waals surface area (Å²) in [6.07, 6.45) is 0.576. The molecule has 0 atom stereocenters. The van der Waals surface area contributed by atoms with E-state index in [1.54, 1.807) is 24.3 Å². The van der Waals surface area contributed by atoms with Gasteiger partial charge in [0, 0.05) is 10.7 Å². The van der Waals surface area contributed by atoms with Crippen molar-refractivity contribution in [1.29, 1.82) is 0 Å². The Morgan fingerprint density at radius 1 is 1.15 bits per heavy atom. The van der Waals surface area contributed by atoms with Crippen molar-refractivity contribution in [3.63, 3.8) is 0 Å². The molecule has 0 bridgehead atoms. The summed E-state index contributed by atoms with van der Waals surface area (Å²) in [7, 11) is 0. The summed E-state index contributed by atoms with van der Waals surface area (Å²) in [5.41, 5.74) is 1.15. The Hall–Kier alpha value is -2.40. The number of amides is 1. The number of benzene rings is 2. The van der Waals surface area contributed by atoms with Gasteiger partial charge in [0.05, 0.1) is 6.21 Å². The van der Waals surface area contributed by atoms with Crippen LogP contribution in [0.15, 0.2) is 53.7 Å². The topological polar surface area (TPSA) is 50.7 Å². The van der Waals surface area contributed by atoms with E-state index in [0.717, 1.165) is 0 Å². The molecule has 20 heavy (non-hydrogen) atoms. The summed E-state index contributed by atoms with van der Waals surface area (Å²) >= 11 is 5.72. The molecule has 2 rings (SSSR count). The Kier molecular flexibility index (Phi) is 4.68. The van der Waals surface area contributed by atoms with Gasteiger partial charge in [-0.15, -0.1) is 0 Å². The maximum atomic E-state index is 12.7. The molecule has 0 radical (unpaired) electrons. The summed E-state index contributed by atoms with van der Waals surface area (Å²) in [5, 5.41) is 6.54. The minimum absolute atomic E-state index is 0.344. The molecule has 1 N–H and O–H groups in total. The van der Waals surface area contributed by atoms with E-state index in [1.165, 1.54) is 30.5 Å². The molecule has 6 heteroatoms. The van der Waals surface area contributed by atoms with Crippen LogP contribution in [0.25, 0.3) is 0 Å². The van der Waals surface area contributed by atoms with Crippen molar-refractivity contribution < 1.29 is 14.0 Å². The highest BCUT2D eigenvalue weighted by Gasteiger charge is 2.02. The van der Waals surface area contributed by atoms with Crippen molar-refractivity contribution in [2.75, 3.05) is 5.32 Å². The largest absolute Gasteiger partial charge is 0.437 e. The maximum Gasteiger partial charge on any atom is 0.437 e. The van der Waals surface area contributed by atoms with Gasteiger partial charge in [0.2, 0.25) is 0 Å². The van der Waals surface area contributed by atoms with Gasteiger partial charge in [0.15, 0.2) is 0 Å². The van der Waals surface area contributed by atoms with Crippen LogP contribution >= 0.6 is 11.6 Å². The Labute approximate surface area is 119 Å². The minimum Gasteiger partial charge on any atom is -0.298 e. The van der Waals surface area contributed by atoms with E-state index in [-0.39, 0.29) is 5.82 Å². The first-order valence-electron chi connectivity index (χ1n) is 5.66. The van der Waals surface area contributed by atoms with Crippen molar-refractivity contribution in [1.82, 2.24) is 0 Å². The van der Waals surface area contributed by atoms with Crippen LogP contribution in [0.1, 0.15) is 5.56 Å². The zero-order valence-corrected chi connectivity index (χ0v) is 11.0. The van der Waals surface area contributed by atoms with Crippen LogP contribution in [-0.4, -0.2) is 12.3 Å². The molecule has 0 aliphatic carbocycles. The van der Waals surface area contributed by atoms with Gasteiger partial charge >= 0.3 is 6.09 Å². The average Bonchev–Trinajstić information content (AvgIpc) is 2.44. The highest BCUT2D eigenvalue weighted by atomic mass is 35.5. The molecule has 0 saturated carbocycles. The fraction of sp³-hybridized carbons (Fsp3) is 0. The Morgan fingerprint density at radius 3 is 2.45 bits per heavy atom. The van der Waals surface area contributed by atoms with E-state index in [0.29, 0.717) is 16.3 Å². The Bertz CT molecular complexity index is 612. The SMILES string of the molecule is O=C(Nc1ccc(Cl)cc1)O/N=C\c1ccc(F)cc1. The van der Waals surface area contributed by atoms with Crippen molar-refractivity contribution >= 4 is 29.6 Å². The molecule has 0 fully saturated rings. The van der Waals surface area contributed by atoms with Crippen molar-refractivity contribution in [2.45, 2.75) is 0 Å². The van der Waals surface area contributed by atoms with Gasteiger partial charge in [-0.2, -0.15) is 0 Å². The second-order valence-corrected chi connectivity index (χ2v) is 4.23. The van der Waals surface area contributed by atoms with E-state index in [2.05, 4.69) is 15.3 Å². The highest BCUT2D eigenvalue weighted by molar-refractivity contribution is 6.30. The van der Waals surface area contributed by atoms with Gasteiger partial charge in [0.25, 0.3) is 0 Å². The highest BCUT2D eigenvalue weighted by Crippen LogP contribution is 2.13. The third kappa shape index (κ3) is 4.37. The van der Waals surface area contributed by atoms with Gasteiger partial charge < -0.3 is 0 Å². The van der Waals surface area contributed by atoms with Crippen LogP contribution in [0, 0.1) is 5.82 Å². The number of oxime groups is 1. The van der Waals surface area contributed by atoms with Crippen LogP contribution in [0.3, 0.4) is 0 Å². The van der Waals surface area contributed by atoms with Crippen molar-refractivity contribution in [3.05, 3.63) is 64.9 Å². The van der Waals surface area contributed by atoms with Crippen LogP contribution in [0.4, 0.5) is 14.9 Å². The van der Waals surface area contributed by atoms with Gasteiger partial charge in [-0.1, -0.05) is 28.9 Å². The molecule has 1 amide bonds. The second kappa shape index (κ2) is 6.68. The zero-order chi connectivity index (χ0) is 14.4. The van der Waals surface area contributed by atoms with Crippen LogP contribution < -0.4 is 5.32 Å². The quantitative estimate of drug-likeness (QED) is 0.527. The lowest BCUT2D eigenvalue weighted by molar-refractivity contribution is 0.167. The molecule has 0 spiro atoms. The maximum absolute atomic E-state index is 12.7. The van der Waals surface area contributed by atoms with E-state index in [9.17, 15) is 9.18 Å². The molecule has 0 aliphatic heterocycles. The van der Waals surface area contributed by atoms with E-state index in [4.69, 9.17) is 11.6 Å². The van der Waals surface area contributed by atoms with Crippen LogP contribution in [-0.2, 0) is 4.84 Å². The predicted octanol–water partition coefficient (Wildman–Crippen LogP) is 4.06. The molecule has 0 heterocycles. The first-order valence-corrected chi connectivity index (χ1v) is 6.04. The van der Waals surface area contributed by atoms with E-state index < -0.39 is 6.09 Å². The van der Waals surface area contributed by atoms with Crippen LogP contribution in [0.5, 0.6) is 0 Å². The van der Waals surface area contributed by atoms with Crippen molar-refractivity contribution in [3.8, 4) is 0 Å². The van der Waals surface area contributed by atoms with E-state index >= 15 is 0 Å². The second-order valence-electron chi connectivity index (χ2n) is 3.80. The average molecular weight is 293 g/mol. The molecular weight excluding hydrogens is 283 g/mol. The van der Waals surface area contributed by atoms with Crippen LogP contribution in [0.2, 0.25) is 5.02 Å². The number of rotatable bonds is 3. The number of halogens is 2. The molecule has 102 valence electrons. The fourth-order valence-electron chi connectivity index (χ4n) is 1.36. The molecule has 0 saturated heterocycles. The van der Waals surface area contributed by atoms with Gasteiger partial charge in [-0.3, -0.25) is 10.2 Å². The molecule has 0 unspecified atom stereocenters. The predicted molar refractivity (Wildman–Crippen MR) is 75.5 cm³/mol. The number of nitrogens with one attached hydrogen (secondary N) is 1. The van der Waals surface area contributed by atoms with Crippen molar-refractivity contribution in [2.24, 2.45) is 5.16 Å². The standard InChI is InChI=1S/C14H10ClFN2O2/c15-11-3-7-13(8-4-11)18-14(19)20-17-9-10-1-5-12(16)6-2-10/h1-9H,(H,18,19)/b17-9-. The molecular formula is C14H10ClFN2O2. The Balaban J connectivity index is 1.85.